The minimum atomic E-state index is 0. The number of benzene rings is 1. The van der Waals surface area contributed by atoms with E-state index in [0.717, 1.165) is 24.4 Å². The maximum absolute atomic E-state index is 5.28. The van der Waals surface area contributed by atoms with E-state index in [0.29, 0.717) is 17.6 Å². The van der Waals surface area contributed by atoms with Crippen LogP contribution in [0.4, 0.5) is 0 Å². The van der Waals surface area contributed by atoms with Gasteiger partial charge in [-0.25, -0.2) is 0 Å². The smallest absolute Gasteiger partial charge is 0.232 e. The van der Waals surface area contributed by atoms with Crippen LogP contribution in [0.5, 0.6) is 5.75 Å². The van der Waals surface area contributed by atoms with Crippen LogP contribution >= 0.6 is 12.4 Å². The van der Waals surface area contributed by atoms with Crippen molar-refractivity contribution in [2.75, 3.05) is 20.2 Å². The predicted octanol–water partition coefficient (Wildman–Crippen LogP) is 1.85. The fraction of sp³-hybridized carbons (Fsp3) is 0.333. The van der Waals surface area contributed by atoms with Gasteiger partial charge in [-0.3, -0.25) is 0 Å². The third-order valence-corrected chi connectivity index (χ3v) is 2.92. The van der Waals surface area contributed by atoms with Gasteiger partial charge in [-0.1, -0.05) is 17.3 Å². The Bertz CT molecular complexity index is 526. The normalized spacial score (nSPS) is 14.7. The summed E-state index contributed by atoms with van der Waals surface area (Å²) >= 11 is 0. The molecule has 0 atom stereocenters. The van der Waals surface area contributed by atoms with Crippen LogP contribution in [0.3, 0.4) is 0 Å². The molecular formula is C12H14ClN3O2. The summed E-state index contributed by atoms with van der Waals surface area (Å²) in [6.07, 6.45) is 0. The molecule has 0 amide bonds. The van der Waals surface area contributed by atoms with Gasteiger partial charge in [0.25, 0.3) is 0 Å². The number of nitrogens with one attached hydrogen (secondary N) is 1. The summed E-state index contributed by atoms with van der Waals surface area (Å²) in [5.41, 5.74) is 0.859. The zero-order valence-electron chi connectivity index (χ0n) is 9.92. The van der Waals surface area contributed by atoms with Gasteiger partial charge in [-0.05, 0) is 12.1 Å². The molecule has 6 heteroatoms. The summed E-state index contributed by atoms with van der Waals surface area (Å²) in [6.45, 7) is 1.82. The zero-order chi connectivity index (χ0) is 11.7. The van der Waals surface area contributed by atoms with Crippen LogP contribution in [-0.4, -0.2) is 30.3 Å². The fourth-order valence-electron chi connectivity index (χ4n) is 1.80. The Morgan fingerprint density at radius 3 is 2.78 bits per heavy atom. The molecule has 1 N–H and O–H groups in total. The minimum Gasteiger partial charge on any atom is -0.496 e. The van der Waals surface area contributed by atoms with E-state index >= 15 is 0 Å². The van der Waals surface area contributed by atoms with E-state index < -0.39 is 0 Å². The van der Waals surface area contributed by atoms with Gasteiger partial charge in [0.05, 0.1) is 18.6 Å². The molecule has 96 valence electrons. The predicted molar refractivity (Wildman–Crippen MR) is 69.1 cm³/mol. The maximum Gasteiger partial charge on any atom is 0.232 e. The molecule has 1 fully saturated rings. The Labute approximate surface area is 111 Å². The number of methoxy groups -OCH3 is 1. The number of rotatable bonds is 3. The van der Waals surface area contributed by atoms with E-state index in [-0.39, 0.29) is 12.4 Å². The number of ether oxygens (including phenoxy) is 1. The van der Waals surface area contributed by atoms with E-state index in [1.165, 1.54) is 0 Å². The van der Waals surface area contributed by atoms with Gasteiger partial charge in [-0.2, -0.15) is 4.98 Å². The molecule has 2 aromatic rings. The lowest BCUT2D eigenvalue weighted by molar-refractivity contribution is 0.308. The van der Waals surface area contributed by atoms with E-state index in [9.17, 15) is 0 Å². The summed E-state index contributed by atoms with van der Waals surface area (Å²) in [6, 6.07) is 7.65. The molecule has 2 heterocycles. The third kappa shape index (κ3) is 2.19. The number of halogens is 1. The van der Waals surface area contributed by atoms with Crippen molar-refractivity contribution < 1.29 is 9.26 Å². The monoisotopic (exact) mass is 267 g/mol. The van der Waals surface area contributed by atoms with Crippen LogP contribution in [0, 0.1) is 0 Å². The molecule has 18 heavy (non-hydrogen) atoms. The molecule has 0 saturated carbocycles. The molecule has 1 aromatic heterocycles. The Kier molecular flexibility index (Phi) is 3.84. The fourth-order valence-corrected chi connectivity index (χ4v) is 1.80. The second-order valence-electron chi connectivity index (χ2n) is 4.01. The largest absolute Gasteiger partial charge is 0.496 e. The Morgan fingerprint density at radius 1 is 1.33 bits per heavy atom. The minimum absolute atomic E-state index is 0. The first-order valence-corrected chi connectivity index (χ1v) is 5.56. The Morgan fingerprint density at radius 2 is 2.11 bits per heavy atom. The van der Waals surface area contributed by atoms with Crippen molar-refractivity contribution >= 4 is 12.4 Å². The molecule has 0 unspecified atom stereocenters. The number of aromatic nitrogens is 2. The SMILES string of the molecule is COc1ccccc1-c1noc(C2CNC2)n1.Cl. The van der Waals surface area contributed by atoms with Crippen LogP contribution in [0.25, 0.3) is 11.4 Å². The molecule has 0 radical (unpaired) electrons. The Balaban J connectivity index is 0.00000120. The summed E-state index contributed by atoms with van der Waals surface area (Å²) < 4.78 is 10.5. The number of nitrogens with zero attached hydrogens (tertiary/aromatic N) is 2. The van der Waals surface area contributed by atoms with Crippen LogP contribution in [-0.2, 0) is 0 Å². The van der Waals surface area contributed by atoms with Crippen molar-refractivity contribution in [1.29, 1.82) is 0 Å². The van der Waals surface area contributed by atoms with E-state index in [1.807, 2.05) is 24.3 Å². The van der Waals surface area contributed by atoms with Crippen molar-refractivity contribution in [3.8, 4) is 17.1 Å². The van der Waals surface area contributed by atoms with Gasteiger partial charge in [0.15, 0.2) is 0 Å². The van der Waals surface area contributed by atoms with Crippen molar-refractivity contribution in [2.24, 2.45) is 0 Å². The second kappa shape index (κ2) is 5.37. The quantitative estimate of drug-likeness (QED) is 0.920. The molecule has 1 aliphatic heterocycles. The van der Waals surface area contributed by atoms with Crippen LogP contribution < -0.4 is 10.1 Å². The highest BCUT2D eigenvalue weighted by molar-refractivity contribution is 5.85. The third-order valence-electron chi connectivity index (χ3n) is 2.92. The van der Waals surface area contributed by atoms with Crippen molar-refractivity contribution in [3.63, 3.8) is 0 Å². The van der Waals surface area contributed by atoms with Gasteiger partial charge < -0.3 is 14.6 Å². The first-order valence-electron chi connectivity index (χ1n) is 5.56. The summed E-state index contributed by atoms with van der Waals surface area (Å²) in [5, 5.41) is 7.18. The summed E-state index contributed by atoms with van der Waals surface area (Å²) in [4.78, 5) is 4.41. The van der Waals surface area contributed by atoms with Gasteiger partial charge in [0.2, 0.25) is 11.7 Å². The van der Waals surface area contributed by atoms with Crippen LogP contribution in [0.1, 0.15) is 11.8 Å². The van der Waals surface area contributed by atoms with E-state index in [1.54, 1.807) is 7.11 Å². The molecule has 5 nitrogen and oxygen atoms in total. The van der Waals surface area contributed by atoms with Gasteiger partial charge >= 0.3 is 0 Å². The molecule has 1 aliphatic rings. The van der Waals surface area contributed by atoms with Gasteiger partial charge in [-0.15, -0.1) is 12.4 Å². The zero-order valence-corrected chi connectivity index (χ0v) is 10.7. The van der Waals surface area contributed by atoms with Gasteiger partial charge in [0, 0.05) is 13.1 Å². The molecular weight excluding hydrogens is 254 g/mol. The summed E-state index contributed by atoms with van der Waals surface area (Å²) in [5.74, 6) is 2.39. The summed E-state index contributed by atoms with van der Waals surface area (Å²) in [7, 11) is 1.63. The lowest BCUT2D eigenvalue weighted by Gasteiger charge is -2.22. The van der Waals surface area contributed by atoms with Gasteiger partial charge in [0.1, 0.15) is 5.75 Å². The first kappa shape index (κ1) is 12.9. The molecule has 1 aromatic carbocycles. The Hall–Kier alpha value is -1.59. The molecule has 3 rings (SSSR count). The highest BCUT2D eigenvalue weighted by Crippen LogP contribution is 2.28. The number of hydrogen-bond acceptors (Lipinski definition) is 5. The topological polar surface area (TPSA) is 60.2 Å². The highest BCUT2D eigenvalue weighted by Gasteiger charge is 2.25. The van der Waals surface area contributed by atoms with E-state index in [4.69, 9.17) is 9.26 Å². The highest BCUT2D eigenvalue weighted by atomic mass is 35.5. The first-order chi connectivity index (χ1) is 8.38. The standard InChI is InChI=1S/C12H13N3O2.ClH/c1-16-10-5-3-2-4-9(10)11-14-12(17-15-11)8-6-13-7-8;/h2-5,8,13H,6-7H2,1H3;1H. The molecule has 1 saturated heterocycles. The number of para-hydroxylation sites is 1. The van der Waals surface area contributed by atoms with Crippen LogP contribution in [0.2, 0.25) is 0 Å². The lowest BCUT2D eigenvalue weighted by atomic mass is 10.0. The van der Waals surface area contributed by atoms with Crippen molar-refractivity contribution in [1.82, 2.24) is 15.5 Å². The maximum atomic E-state index is 5.28. The van der Waals surface area contributed by atoms with Crippen molar-refractivity contribution in [3.05, 3.63) is 30.2 Å². The number of hydrogen-bond donors (Lipinski definition) is 1. The average Bonchev–Trinajstić information content (AvgIpc) is 2.76. The lowest BCUT2D eigenvalue weighted by Crippen LogP contribution is -2.40. The second-order valence-corrected chi connectivity index (χ2v) is 4.01. The van der Waals surface area contributed by atoms with Crippen molar-refractivity contribution in [2.45, 2.75) is 5.92 Å². The van der Waals surface area contributed by atoms with Crippen LogP contribution in [0.15, 0.2) is 28.8 Å². The average molecular weight is 268 g/mol. The molecule has 0 bridgehead atoms. The molecule has 0 aliphatic carbocycles. The molecule has 0 spiro atoms. The van der Waals surface area contributed by atoms with E-state index in [2.05, 4.69) is 15.5 Å².